The third-order valence-electron chi connectivity index (χ3n) is 5.86. The maximum atomic E-state index is 6.12. The third kappa shape index (κ3) is 1.56. The minimum atomic E-state index is 0.348. The van der Waals surface area contributed by atoms with E-state index >= 15 is 0 Å². The first-order chi connectivity index (χ1) is 8.60. The SMILES string of the molecule is CC1(CN)CCCC2(C)c3ccccc3CCC12. The maximum absolute atomic E-state index is 6.12. The Morgan fingerprint density at radius 3 is 2.78 bits per heavy atom. The van der Waals surface area contributed by atoms with Crippen LogP contribution in [0.2, 0.25) is 0 Å². The molecule has 3 atom stereocenters. The van der Waals surface area contributed by atoms with Gasteiger partial charge < -0.3 is 5.73 Å². The second kappa shape index (κ2) is 4.09. The molecule has 0 spiro atoms. The van der Waals surface area contributed by atoms with Crippen LogP contribution in [-0.2, 0) is 11.8 Å². The summed E-state index contributed by atoms with van der Waals surface area (Å²) in [6.07, 6.45) is 6.54. The van der Waals surface area contributed by atoms with Gasteiger partial charge in [0.15, 0.2) is 0 Å². The van der Waals surface area contributed by atoms with Gasteiger partial charge in [-0.3, -0.25) is 0 Å². The first-order valence-corrected chi connectivity index (χ1v) is 7.39. The molecule has 0 aliphatic heterocycles. The molecule has 98 valence electrons. The highest BCUT2D eigenvalue weighted by atomic mass is 14.7. The molecule has 0 saturated heterocycles. The van der Waals surface area contributed by atoms with Crippen LogP contribution >= 0.6 is 0 Å². The predicted molar refractivity (Wildman–Crippen MR) is 76.6 cm³/mol. The molecule has 1 aromatic carbocycles. The number of nitrogens with two attached hydrogens (primary N) is 1. The number of hydrogen-bond acceptors (Lipinski definition) is 1. The van der Waals surface area contributed by atoms with Crippen molar-refractivity contribution in [2.45, 2.75) is 51.4 Å². The van der Waals surface area contributed by atoms with Crippen LogP contribution in [0.15, 0.2) is 24.3 Å². The van der Waals surface area contributed by atoms with E-state index in [9.17, 15) is 0 Å². The molecule has 1 aromatic rings. The molecular weight excluding hydrogens is 218 g/mol. The van der Waals surface area contributed by atoms with Crippen molar-refractivity contribution >= 4 is 0 Å². The van der Waals surface area contributed by atoms with E-state index < -0.39 is 0 Å². The lowest BCUT2D eigenvalue weighted by atomic mass is 9.50. The number of fused-ring (bicyclic) bond motifs is 3. The summed E-state index contributed by atoms with van der Waals surface area (Å²) >= 11 is 0. The second-order valence-corrected chi connectivity index (χ2v) is 6.88. The lowest BCUT2D eigenvalue weighted by molar-refractivity contribution is 0.0327. The zero-order valence-electron chi connectivity index (χ0n) is 11.7. The fraction of sp³-hybridized carbons (Fsp3) is 0.647. The molecule has 3 rings (SSSR count). The van der Waals surface area contributed by atoms with Crippen molar-refractivity contribution in [3.05, 3.63) is 35.4 Å². The highest BCUT2D eigenvalue weighted by molar-refractivity contribution is 5.38. The van der Waals surface area contributed by atoms with Crippen molar-refractivity contribution in [2.24, 2.45) is 17.1 Å². The molecule has 3 unspecified atom stereocenters. The summed E-state index contributed by atoms with van der Waals surface area (Å²) in [6, 6.07) is 9.09. The first kappa shape index (κ1) is 12.2. The Labute approximate surface area is 111 Å². The zero-order chi connectivity index (χ0) is 12.8. The Balaban J connectivity index is 2.09. The van der Waals surface area contributed by atoms with Crippen molar-refractivity contribution in [3.8, 4) is 0 Å². The van der Waals surface area contributed by atoms with Gasteiger partial charge in [0.2, 0.25) is 0 Å². The average molecular weight is 243 g/mol. The molecule has 0 amide bonds. The van der Waals surface area contributed by atoms with Crippen LogP contribution in [0.4, 0.5) is 0 Å². The molecule has 2 aliphatic carbocycles. The molecule has 2 N–H and O–H groups in total. The summed E-state index contributed by atoms with van der Waals surface area (Å²) < 4.78 is 0. The van der Waals surface area contributed by atoms with Crippen molar-refractivity contribution in [1.82, 2.24) is 0 Å². The minimum absolute atomic E-state index is 0.348. The molecule has 0 bridgehead atoms. The molecule has 2 aliphatic rings. The lowest BCUT2D eigenvalue weighted by Gasteiger charge is -2.55. The summed E-state index contributed by atoms with van der Waals surface area (Å²) in [5, 5.41) is 0. The molecule has 1 nitrogen and oxygen atoms in total. The Morgan fingerprint density at radius 2 is 2.00 bits per heavy atom. The fourth-order valence-electron chi connectivity index (χ4n) is 4.81. The van der Waals surface area contributed by atoms with E-state index in [4.69, 9.17) is 5.73 Å². The van der Waals surface area contributed by atoms with Crippen LogP contribution < -0.4 is 5.73 Å². The number of hydrogen-bond donors (Lipinski definition) is 1. The molecule has 0 heterocycles. The van der Waals surface area contributed by atoms with Gasteiger partial charge in [-0.2, -0.15) is 0 Å². The molecule has 1 saturated carbocycles. The second-order valence-electron chi connectivity index (χ2n) is 6.88. The quantitative estimate of drug-likeness (QED) is 0.800. The van der Waals surface area contributed by atoms with Gasteiger partial charge in [-0.1, -0.05) is 44.5 Å². The summed E-state index contributed by atoms with van der Waals surface area (Å²) in [5.74, 6) is 0.763. The van der Waals surface area contributed by atoms with Gasteiger partial charge in [-0.05, 0) is 60.1 Å². The monoisotopic (exact) mass is 243 g/mol. The topological polar surface area (TPSA) is 26.0 Å². The summed E-state index contributed by atoms with van der Waals surface area (Å²) in [4.78, 5) is 0. The standard InChI is InChI=1S/C17H25N/c1-16(12-18)10-5-11-17(2)14-7-4-3-6-13(14)8-9-15(16)17/h3-4,6-7,15H,5,8-12,18H2,1-2H3. The first-order valence-electron chi connectivity index (χ1n) is 7.39. The average Bonchev–Trinajstić information content (AvgIpc) is 2.39. The third-order valence-corrected chi connectivity index (χ3v) is 5.86. The molecule has 0 aromatic heterocycles. The van der Waals surface area contributed by atoms with Crippen LogP contribution in [0, 0.1) is 11.3 Å². The Kier molecular flexibility index (Phi) is 2.78. The van der Waals surface area contributed by atoms with Gasteiger partial charge in [0.1, 0.15) is 0 Å². The van der Waals surface area contributed by atoms with Gasteiger partial charge in [0.25, 0.3) is 0 Å². The van der Waals surface area contributed by atoms with Crippen molar-refractivity contribution < 1.29 is 0 Å². The van der Waals surface area contributed by atoms with Gasteiger partial charge in [0, 0.05) is 0 Å². The van der Waals surface area contributed by atoms with Gasteiger partial charge in [-0.15, -0.1) is 0 Å². The molecule has 18 heavy (non-hydrogen) atoms. The largest absolute Gasteiger partial charge is 0.330 e. The number of benzene rings is 1. The van der Waals surface area contributed by atoms with Crippen molar-refractivity contribution in [3.63, 3.8) is 0 Å². The van der Waals surface area contributed by atoms with E-state index in [1.807, 2.05) is 0 Å². The van der Waals surface area contributed by atoms with Crippen LogP contribution in [-0.4, -0.2) is 6.54 Å². The molecule has 0 radical (unpaired) electrons. The van der Waals surface area contributed by atoms with E-state index in [1.54, 1.807) is 11.1 Å². The predicted octanol–water partition coefficient (Wildman–Crippen LogP) is 3.66. The minimum Gasteiger partial charge on any atom is -0.330 e. The van der Waals surface area contributed by atoms with E-state index in [0.29, 0.717) is 10.8 Å². The van der Waals surface area contributed by atoms with Crippen molar-refractivity contribution in [2.75, 3.05) is 6.54 Å². The highest BCUT2D eigenvalue weighted by Crippen LogP contribution is 2.56. The van der Waals surface area contributed by atoms with Crippen LogP contribution in [0.25, 0.3) is 0 Å². The van der Waals surface area contributed by atoms with Gasteiger partial charge in [0.05, 0.1) is 0 Å². The summed E-state index contributed by atoms with van der Waals surface area (Å²) in [6.45, 7) is 5.75. The van der Waals surface area contributed by atoms with Crippen LogP contribution in [0.3, 0.4) is 0 Å². The Morgan fingerprint density at radius 1 is 1.22 bits per heavy atom. The van der Waals surface area contributed by atoms with Crippen LogP contribution in [0.5, 0.6) is 0 Å². The van der Waals surface area contributed by atoms with Crippen molar-refractivity contribution in [1.29, 1.82) is 0 Å². The Hall–Kier alpha value is -0.820. The number of aryl methyl sites for hydroxylation is 1. The highest BCUT2D eigenvalue weighted by Gasteiger charge is 2.50. The molecule has 1 heteroatoms. The van der Waals surface area contributed by atoms with E-state index in [2.05, 4.69) is 38.1 Å². The Bertz CT molecular complexity index is 453. The van der Waals surface area contributed by atoms with E-state index in [-0.39, 0.29) is 0 Å². The lowest BCUT2D eigenvalue weighted by Crippen LogP contribution is -2.51. The maximum Gasteiger partial charge on any atom is -0.00202 e. The fourth-order valence-corrected chi connectivity index (χ4v) is 4.81. The summed E-state index contributed by atoms with van der Waals surface area (Å²) in [5.41, 5.74) is 10.0. The van der Waals surface area contributed by atoms with Gasteiger partial charge in [-0.25, -0.2) is 0 Å². The van der Waals surface area contributed by atoms with Gasteiger partial charge >= 0.3 is 0 Å². The number of rotatable bonds is 1. The zero-order valence-corrected chi connectivity index (χ0v) is 11.7. The molecule has 1 fully saturated rings. The molecular formula is C17H25N. The smallest absolute Gasteiger partial charge is 0.00202 e. The van der Waals surface area contributed by atoms with Crippen LogP contribution in [0.1, 0.15) is 50.7 Å². The van der Waals surface area contributed by atoms with E-state index in [1.165, 1.54) is 32.1 Å². The van der Waals surface area contributed by atoms with E-state index in [0.717, 1.165) is 12.5 Å². The summed E-state index contributed by atoms with van der Waals surface area (Å²) in [7, 11) is 0. The normalized spacial score (nSPS) is 38.9.